The van der Waals surface area contributed by atoms with Gasteiger partial charge in [-0.15, -0.1) is 0 Å². The van der Waals surface area contributed by atoms with Crippen LogP contribution in [0.25, 0.3) is 0 Å². The van der Waals surface area contributed by atoms with Gasteiger partial charge in [-0.2, -0.15) is 0 Å². The number of nitrogens with zero attached hydrogens (tertiary/aromatic N) is 2. The normalized spacial score (nSPS) is 10.3. The maximum Gasteiger partial charge on any atom is 0.293 e. The Morgan fingerprint density at radius 2 is 2.18 bits per heavy atom. The highest BCUT2D eigenvalue weighted by molar-refractivity contribution is 6.30. The first-order valence-electron chi connectivity index (χ1n) is 4.91. The van der Waals surface area contributed by atoms with Crippen LogP contribution in [-0.2, 0) is 0 Å². The van der Waals surface area contributed by atoms with E-state index < -0.39 is 0 Å². The van der Waals surface area contributed by atoms with Crippen molar-refractivity contribution in [2.45, 2.75) is 13.8 Å². The molecule has 2 rings (SSSR count). The van der Waals surface area contributed by atoms with Gasteiger partial charge < -0.3 is 9.73 Å². The van der Waals surface area contributed by atoms with Crippen molar-refractivity contribution in [2.75, 3.05) is 5.32 Å². The average Bonchev–Trinajstić information content (AvgIpc) is 2.70. The standard InChI is InChI=1S/C11H10ClN3O2/c1-6-3-8(4-13-10(6)12)15-11(16)9-7(2)14-5-17-9/h3-5H,1-2H3,(H,15,16). The molecule has 88 valence electrons. The number of pyridine rings is 1. The van der Waals surface area contributed by atoms with Crippen LogP contribution in [0.3, 0.4) is 0 Å². The van der Waals surface area contributed by atoms with Crippen LogP contribution in [0, 0.1) is 13.8 Å². The highest BCUT2D eigenvalue weighted by Gasteiger charge is 2.14. The lowest BCUT2D eigenvalue weighted by Crippen LogP contribution is -2.12. The molecule has 0 unspecified atom stereocenters. The summed E-state index contributed by atoms with van der Waals surface area (Å²) < 4.78 is 4.98. The minimum atomic E-state index is -0.358. The number of hydrogen-bond donors (Lipinski definition) is 1. The van der Waals surface area contributed by atoms with Crippen LogP contribution in [0.5, 0.6) is 0 Å². The molecule has 2 aromatic rings. The summed E-state index contributed by atoms with van der Waals surface area (Å²) >= 11 is 5.79. The van der Waals surface area contributed by atoms with Gasteiger partial charge in [0.2, 0.25) is 5.76 Å². The van der Waals surface area contributed by atoms with Crippen LogP contribution < -0.4 is 5.32 Å². The first-order chi connectivity index (χ1) is 8.08. The summed E-state index contributed by atoms with van der Waals surface area (Å²) in [6.45, 7) is 3.51. The minimum absolute atomic E-state index is 0.192. The molecule has 0 saturated heterocycles. The third-order valence-corrected chi connectivity index (χ3v) is 2.62. The molecule has 0 saturated carbocycles. The van der Waals surface area contributed by atoms with Gasteiger partial charge in [0, 0.05) is 0 Å². The Morgan fingerprint density at radius 3 is 2.76 bits per heavy atom. The Bertz CT molecular complexity index is 566. The van der Waals surface area contributed by atoms with Gasteiger partial charge >= 0.3 is 0 Å². The lowest BCUT2D eigenvalue weighted by Gasteiger charge is -2.04. The molecule has 6 heteroatoms. The molecular weight excluding hydrogens is 242 g/mol. The summed E-state index contributed by atoms with van der Waals surface area (Å²) in [5.41, 5.74) is 1.90. The molecule has 0 aliphatic rings. The Balaban J connectivity index is 2.19. The highest BCUT2D eigenvalue weighted by atomic mass is 35.5. The first kappa shape index (κ1) is 11.6. The zero-order chi connectivity index (χ0) is 12.4. The van der Waals surface area contributed by atoms with E-state index in [0.717, 1.165) is 5.56 Å². The van der Waals surface area contributed by atoms with E-state index in [4.69, 9.17) is 16.0 Å². The van der Waals surface area contributed by atoms with Crippen molar-refractivity contribution in [1.29, 1.82) is 0 Å². The smallest absolute Gasteiger partial charge is 0.293 e. The molecule has 5 nitrogen and oxygen atoms in total. The average molecular weight is 252 g/mol. The van der Waals surface area contributed by atoms with Crippen molar-refractivity contribution in [3.8, 4) is 0 Å². The van der Waals surface area contributed by atoms with E-state index in [1.165, 1.54) is 12.6 Å². The molecule has 2 heterocycles. The number of hydrogen-bond acceptors (Lipinski definition) is 4. The van der Waals surface area contributed by atoms with Crippen molar-refractivity contribution in [3.05, 3.63) is 40.8 Å². The summed E-state index contributed by atoms with van der Waals surface area (Å²) in [7, 11) is 0. The van der Waals surface area contributed by atoms with E-state index in [1.807, 2.05) is 6.92 Å². The van der Waals surface area contributed by atoms with Gasteiger partial charge in [-0.3, -0.25) is 4.79 Å². The van der Waals surface area contributed by atoms with E-state index in [2.05, 4.69) is 15.3 Å². The second kappa shape index (κ2) is 4.55. The van der Waals surface area contributed by atoms with Crippen molar-refractivity contribution < 1.29 is 9.21 Å². The van der Waals surface area contributed by atoms with Gasteiger partial charge in [0.15, 0.2) is 6.39 Å². The van der Waals surface area contributed by atoms with Gasteiger partial charge in [-0.25, -0.2) is 9.97 Å². The fourth-order valence-electron chi connectivity index (χ4n) is 1.33. The SMILES string of the molecule is Cc1cc(NC(=O)c2ocnc2C)cnc1Cl. The summed E-state index contributed by atoms with van der Waals surface area (Å²) in [5, 5.41) is 3.07. The monoisotopic (exact) mass is 251 g/mol. The number of aromatic nitrogens is 2. The summed E-state index contributed by atoms with van der Waals surface area (Å²) in [6, 6.07) is 1.74. The predicted octanol–water partition coefficient (Wildman–Crippen LogP) is 2.59. The number of anilines is 1. The summed E-state index contributed by atoms with van der Waals surface area (Å²) in [5.74, 6) is -0.166. The molecule has 17 heavy (non-hydrogen) atoms. The molecular formula is C11H10ClN3O2. The Labute approximate surface area is 103 Å². The number of rotatable bonds is 2. The molecule has 0 fully saturated rings. The molecule has 2 aromatic heterocycles. The third kappa shape index (κ3) is 2.45. The number of halogens is 1. The molecule has 0 atom stereocenters. The Morgan fingerprint density at radius 1 is 1.41 bits per heavy atom. The number of nitrogens with one attached hydrogen (secondary N) is 1. The molecule has 0 radical (unpaired) electrons. The molecule has 0 aromatic carbocycles. The number of carbonyl (C=O) groups is 1. The lowest BCUT2D eigenvalue weighted by atomic mass is 10.3. The van der Waals surface area contributed by atoms with E-state index in [1.54, 1.807) is 13.0 Å². The van der Waals surface area contributed by atoms with Crippen LogP contribution in [-0.4, -0.2) is 15.9 Å². The van der Waals surface area contributed by atoms with Crippen molar-refractivity contribution in [2.24, 2.45) is 0 Å². The first-order valence-corrected chi connectivity index (χ1v) is 5.29. The topological polar surface area (TPSA) is 68.0 Å². The zero-order valence-corrected chi connectivity index (χ0v) is 10.1. The van der Waals surface area contributed by atoms with E-state index >= 15 is 0 Å². The maximum atomic E-state index is 11.8. The summed E-state index contributed by atoms with van der Waals surface area (Å²) in [6.07, 6.45) is 2.72. The number of carbonyl (C=O) groups excluding carboxylic acids is 1. The van der Waals surface area contributed by atoms with Crippen LogP contribution in [0.1, 0.15) is 21.8 Å². The second-order valence-electron chi connectivity index (χ2n) is 3.55. The second-order valence-corrected chi connectivity index (χ2v) is 3.91. The molecule has 0 bridgehead atoms. The molecule has 1 N–H and O–H groups in total. The van der Waals surface area contributed by atoms with Gasteiger partial charge in [0.05, 0.1) is 17.6 Å². The van der Waals surface area contributed by atoms with E-state index in [-0.39, 0.29) is 11.7 Å². The van der Waals surface area contributed by atoms with Gasteiger partial charge in [0.1, 0.15) is 5.15 Å². The number of aryl methyl sites for hydroxylation is 2. The van der Waals surface area contributed by atoms with Crippen LogP contribution in [0.4, 0.5) is 5.69 Å². The molecule has 0 aliphatic carbocycles. The van der Waals surface area contributed by atoms with Gasteiger partial charge in [0.25, 0.3) is 5.91 Å². The lowest BCUT2D eigenvalue weighted by molar-refractivity contribution is 0.0996. The predicted molar refractivity (Wildman–Crippen MR) is 63.2 cm³/mol. The van der Waals surface area contributed by atoms with Crippen LogP contribution >= 0.6 is 11.6 Å². The van der Waals surface area contributed by atoms with Crippen LogP contribution in [0.2, 0.25) is 5.15 Å². The quantitative estimate of drug-likeness (QED) is 0.833. The Hall–Kier alpha value is -1.88. The third-order valence-electron chi connectivity index (χ3n) is 2.22. The minimum Gasteiger partial charge on any atom is -0.438 e. The van der Waals surface area contributed by atoms with Crippen molar-refractivity contribution in [1.82, 2.24) is 9.97 Å². The summed E-state index contributed by atoms with van der Waals surface area (Å²) in [4.78, 5) is 19.6. The fourth-order valence-corrected chi connectivity index (χ4v) is 1.44. The molecule has 1 amide bonds. The fraction of sp³-hybridized carbons (Fsp3) is 0.182. The van der Waals surface area contributed by atoms with E-state index in [9.17, 15) is 4.79 Å². The zero-order valence-electron chi connectivity index (χ0n) is 9.32. The number of amides is 1. The highest BCUT2D eigenvalue weighted by Crippen LogP contribution is 2.17. The van der Waals surface area contributed by atoms with Gasteiger partial charge in [-0.1, -0.05) is 11.6 Å². The number of oxazole rings is 1. The van der Waals surface area contributed by atoms with Crippen molar-refractivity contribution in [3.63, 3.8) is 0 Å². The molecule has 0 aliphatic heterocycles. The largest absolute Gasteiger partial charge is 0.438 e. The van der Waals surface area contributed by atoms with Crippen LogP contribution in [0.15, 0.2) is 23.1 Å². The molecule has 0 spiro atoms. The van der Waals surface area contributed by atoms with Crippen molar-refractivity contribution >= 4 is 23.2 Å². The van der Waals surface area contributed by atoms with E-state index in [0.29, 0.717) is 16.5 Å². The Kier molecular flexibility index (Phi) is 3.10. The maximum absolute atomic E-state index is 11.8. The van der Waals surface area contributed by atoms with Gasteiger partial charge in [-0.05, 0) is 25.5 Å².